The largest absolute Gasteiger partial charge is 0.493 e. The summed E-state index contributed by atoms with van der Waals surface area (Å²) in [6.45, 7) is 3.48. The van der Waals surface area contributed by atoms with Crippen LogP contribution in [0, 0.1) is 6.92 Å². The molecule has 0 atom stereocenters. The van der Waals surface area contributed by atoms with Gasteiger partial charge in [0.15, 0.2) is 17.3 Å². The number of ether oxygens (including phenoxy) is 2. The van der Waals surface area contributed by atoms with E-state index in [1.54, 1.807) is 25.4 Å². The molecule has 2 aromatic rings. The van der Waals surface area contributed by atoms with Crippen LogP contribution in [0.4, 0.5) is 0 Å². The predicted octanol–water partition coefficient (Wildman–Crippen LogP) is 3.39. The smallest absolute Gasteiger partial charge is 0.220 e. The van der Waals surface area contributed by atoms with Crippen LogP contribution in [-0.2, 0) is 0 Å². The number of hydrogen-bond acceptors (Lipinski definition) is 4. The fourth-order valence-corrected chi connectivity index (χ4v) is 1.66. The summed E-state index contributed by atoms with van der Waals surface area (Å²) >= 11 is 0. The number of hydrogen-bond donors (Lipinski definition) is 0. The van der Waals surface area contributed by atoms with E-state index in [0.717, 1.165) is 5.56 Å². The van der Waals surface area contributed by atoms with Crippen LogP contribution >= 0.6 is 0 Å². The molecule has 1 heterocycles. The molecule has 4 nitrogen and oxygen atoms in total. The number of ketones is 1. The minimum atomic E-state index is -0.0249. The Morgan fingerprint density at radius 3 is 2.63 bits per heavy atom. The lowest BCUT2D eigenvalue weighted by atomic mass is 10.2. The second kappa shape index (κ2) is 5.52. The van der Waals surface area contributed by atoms with Crippen molar-refractivity contribution in [1.29, 1.82) is 0 Å². The van der Waals surface area contributed by atoms with Crippen LogP contribution in [0.3, 0.4) is 0 Å². The van der Waals surface area contributed by atoms with Gasteiger partial charge in [-0.2, -0.15) is 0 Å². The average molecular weight is 257 g/mol. The maximum absolute atomic E-state index is 11.3. The summed E-state index contributed by atoms with van der Waals surface area (Å²) in [4.78, 5) is 15.4. The van der Waals surface area contributed by atoms with E-state index < -0.39 is 0 Å². The minimum Gasteiger partial charge on any atom is -0.493 e. The molecule has 98 valence electrons. The minimum absolute atomic E-state index is 0.0249. The van der Waals surface area contributed by atoms with E-state index >= 15 is 0 Å². The van der Waals surface area contributed by atoms with Crippen molar-refractivity contribution in [2.45, 2.75) is 13.8 Å². The molecule has 0 saturated heterocycles. The van der Waals surface area contributed by atoms with E-state index in [4.69, 9.17) is 9.47 Å². The van der Waals surface area contributed by atoms with Crippen molar-refractivity contribution in [2.24, 2.45) is 0 Å². The standard InChI is InChI=1S/C15H15NO3/c1-10-4-5-13(14(8-10)18-3)19-15-9-12(11(2)17)6-7-16-15/h4-9H,1-3H3. The molecule has 0 aliphatic rings. The highest BCUT2D eigenvalue weighted by atomic mass is 16.5. The van der Waals surface area contributed by atoms with Gasteiger partial charge in [0.25, 0.3) is 0 Å². The first-order chi connectivity index (χ1) is 9.10. The van der Waals surface area contributed by atoms with Gasteiger partial charge < -0.3 is 9.47 Å². The lowest BCUT2D eigenvalue weighted by Gasteiger charge is -2.10. The highest BCUT2D eigenvalue weighted by molar-refractivity contribution is 5.94. The fraction of sp³-hybridized carbons (Fsp3) is 0.200. The van der Waals surface area contributed by atoms with Crippen molar-refractivity contribution < 1.29 is 14.3 Å². The number of Topliss-reactive ketones (excluding diaryl/α,β-unsaturated/α-hetero) is 1. The Hall–Kier alpha value is -2.36. The average Bonchev–Trinajstić information content (AvgIpc) is 2.41. The number of carbonyl (C=O) groups excluding carboxylic acids is 1. The van der Waals surface area contributed by atoms with Gasteiger partial charge in [-0.25, -0.2) is 4.98 Å². The number of methoxy groups -OCH3 is 1. The first-order valence-electron chi connectivity index (χ1n) is 5.89. The zero-order chi connectivity index (χ0) is 13.8. The molecule has 1 aromatic carbocycles. The van der Waals surface area contributed by atoms with Gasteiger partial charge in [0.1, 0.15) is 0 Å². The highest BCUT2D eigenvalue weighted by Crippen LogP contribution is 2.31. The van der Waals surface area contributed by atoms with Crippen molar-refractivity contribution in [1.82, 2.24) is 4.98 Å². The zero-order valence-corrected chi connectivity index (χ0v) is 11.1. The SMILES string of the molecule is COc1cc(C)ccc1Oc1cc(C(C)=O)ccn1. The predicted molar refractivity (Wildman–Crippen MR) is 72.0 cm³/mol. The summed E-state index contributed by atoms with van der Waals surface area (Å²) in [5, 5.41) is 0. The molecule has 0 radical (unpaired) electrons. The summed E-state index contributed by atoms with van der Waals surface area (Å²) in [6, 6.07) is 8.89. The van der Waals surface area contributed by atoms with Crippen LogP contribution in [-0.4, -0.2) is 17.9 Å². The third kappa shape index (κ3) is 3.10. The van der Waals surface area contributed by atoms with Crippen LogP contribution < -0.4 is 9.47 Å². The summed E-state index contributed by atoms with van der Waals surface area (Å²) in [5.41, 5.74) is 1.64. The van der Waals surface area contributed by atoms with Crippen molar-refractivity contribution in [3.63, 3.8) is 0 Å². The molecule has 0 amide bonds. The van der Waals surface area contributed by atoms with E-state index in [2.05, 4.69) is 4.98 Å². The van der Waals surface area contributed by atoms with Gasteiger partial charge in [-0.15, -0.1) is 0 Å². The third-order valence-corrected chi connectivity index (χ3v) is 2.68. The van der Waals surface area contributed by atoms with Gasteiger partial charge in [0.05, 0.1) is 7.11 Å². The molecule has 0 aliphatic heterocycles. The van der Waals surface area contributed by atoms with Crippen molar-refractivity contribution in [3.8, 4) is 17.4 Å². The monoisotopic (exact) mass is 257 g/mol. The number of pyridine rings is 1. The number of aromatic nitrogens is 1. The summed E-state index contributed by atoms with van der Waals surface area (Å²) in [5.74, 6) is 1.55. The van der Waals surface area contributed by atoms with Gasteiger partial charge in [-0.1, -0.05) is 6.07 Å². The number of benzene rings is 1. The second-order valence-electron chi connectivity index (χ2n) is 4.20. The van der Waals surface area contributed by atoms with Gasteiger partial charge in [0, 0.05) is 17.8 Å². The Labute approximate surface area is 112 Å². The summed E-state index contributed by atoms with van der Waals surface area (Å²) < 4.78 is 10.9. The van der Waals surface area contributed by atoms with Crippen molar-refractivity contribution in [2.75, 3.05) is 7.11 Å². The van der Waals surface area contributed by atoms with Gasteiger partial charge in [0.2, 0.25) is 5.88 Å². The third-order valence-electron chi connectivity index (χ3n) is 2.68. The lowest BCUT2D eigenvalue weighted by Crippen LogP contribution is -1.96. The maximum Gasteiger partial charge on any atom is 0.220 e. The Balaban J connectivity index is 2.30. The number of carbonyl (C=O) groups is 1. The number of nitrogens with zero attached hydrogens (tertiary/aromatic N) is 1. The van der Waals surface area contributed by atoms with Crippen LogP contribution in [0.5, 0.6) is 17.4 Å². The normalized spacial score (nSPS) is 10.1. The molecule has 0 bridgehead atoms. The maximum atomic E-state index is 11.3. The quantitative estimate of drug-likeness (QED) is 0.788. The topological polar surface area (TPSA) is 48.4 Å². The van der Waals surface area contributed by atoms with Crippen LogP contribution in [0.2, 0.25) is 0 Å². The number of aryl methyl sites for hydroxylation is 1. The Morgan fingerprint density at radius 2 is 1.95 bits per heavy atom. The molecular weight excluding hydrogens is 242 g/mol. The first kappa shape index (κ1) is 13.1. The molecular formula is C15H15NO3. The van der Waals surface area contributed by atoms with E-state index in [1.807, 2.05) is 25.1 Å². The molecule has 19 heavy (non-hydrogen) atoms. The fourth-order valence-electron chi connectivity index (χ4n) is 1.66. The van der Waals surface area contributed by atoms with Gasteiger partial charge >= 0.3 is 0 Å². The van der Waals surface area contributed by atoms with Gasteiger partial charge in [-0.05, 0) is 37.6 Å². The van der Waals surface area contributed by atoms with Crippen LogP contribution in [0.1, 0.15) is 22.8 Å². The number of rotatable bonds is 4. The highest BCUT2D eigenvalue weighted by Gasteiger charge is 2.08. The molecule has 0 saturated carbocycles. The lowest BCUT2D eigenvalue weighted by molar-refractivity contribution is 0.101. The van der Waals surface area contributed by atoms with E-state index in [-0.39, 0.29) is 5.78 Å². The molecule has 0 unspecified atom stereocenters. The van der Waals surface area contributed by atoms with Gasteiger partial charge in [-0.3, -0.25) is 4.79 Å². The molecule has 0 fully saturated rings. The Kier molecular flexibility index (Phi) is 3.80. The first-order valence-corrected chi connectivity index (χ1v) is 5.89. The molecule has 0 aliphatic carbocycles. The Bertz CT molecular complexity index is 608. The second-order valence-corrected chi connectivity index (χ2v) is 4.20. The van der Waals surface area contributed by atoms with Crippen LogP contribution in [0.25, 0.3) is 0 Å². The molecule has 2 rings (SSSR count). The summed E-state index contributed by atoms with van der Waals surface area (Å²) in [7, 11) is 1.58. The van der Waals surface area contributed by atoms with E-state index in [9.17, 15) is 4.79 Å². The zero-order valence-electron chi connectivity index (χ0n) is 11.1. The Morgan fingerprint density at radius 1 is 1.16 bits per heavy atom. The molecule has 1 aromatic heterocycles. The molecule has 0 N–H and O–H groups in total. The van der Waals surface area contributed by atoms with Crippen molar-refractivity contribution in [3.05, 3.63) is 47.7 Å². The van der Waals surface area contributed by atoms with E-state index in [1.165, 1.54) is 6.92 Å². The summed E-state index contributed by atoms with van der Waals surface area (Å²) in [6.07, 6.45) is 1.55. The van der Waals surface area contributed by atoms with Crippen molar-refractivity contribution >= 4 is 5.78 Å². The van der Waals surface area contributed by atoms with Crippen LogP contribution in [0.15, 0.2) is 36.5 Å². The molecule has 4 heteroatoms. The molecule has 0 spiro atoms. The van der Waals surface area contributed by atoms with E-state index in [0.29, 0.717) is 22.9 Å².